The van der Waals surface area contributed by atoms with Gasteiger partial charge in [-0.25, -0.2) is 9.59 Å². The Balaban J connectivity index is 2.02. The van der Waals surface area contributed by atoms with Crippen LogP contribution in [0, 0.1) is 20.8 Å². The number of hydrogen-bond acceptors (Lipinski definition) is 5. The lowest BCUT2D eigenvalue weighted by atomic mass is 10.1. The Hall–Kier alpha value is -3.16. The van der Waals surface area contributed by atoms with Crippen LogP contribution in [0.25, 0.3) is 0 Å². The molecular formula is C16H17N3O5. The van der Waals surface area contributed by atoms with Crippen molar-refractivity contribution in [3.8, 4) is 0 Å². The lowest BCUT2D eigenvalue weighted by Gasteiger charge is -2.13. The van der Waals surface area contributed by atoms with Crippen molar-refractivity contribution in [3.63, 3.8) is 0 Å². The Bertz CT molecular complexity index is 859. The van der Waals surface area contributed by atoms with Crippen molar-refractivity contribution >= 4 is 17.6 Å². The van der Waals surface area contributed by atoms with Crippen LogP contribution in [-0.4, -0.2) is 28.5 Å². The average Bonchev–Trinajstić information content (AvgIpc) is 2.47. The van der Waals surface area contributed by atoms with Crippen LogP contribution in [0.2, 0.25) is 0 Å². The zero-order valence-electron chi connectivity index (χ0n) is 13.5. The molecule has 0 bridgehead atoms. The molecule has 2 aromatic rings. The third kappa shape index (κ3) is 4.19. The number of carbonyl (C=O) groups is 2. The average molecular weight is 331 g/mol. The number of rotatable bonds is 4. The summed E-state index contributed by atoms with van der Waals surface area (Å²) in [5.74, 6) is -1.49. The van der Waals surface area contributed by atoms with Crippen molar-refractivity contribution in [3.05, 3.63) is 61.4 Å². The second-order valence-electron chi connectivity index (χ2n) is 5.40. The Kier molecular flexibility index (Phi) is 4.98. The van der Waals surface area contributed by atoms with Crippen molar-refractivity contribution in [1.29, 1.82) is 0 Å². The Labute approximate surface area is 136 Å². The summed E-state index contributed by atoms with van der Waals surface area (Å²) in [6.07, 6.45) is 0. The van der Waals surface area contributed by atoms with Crippen LogP contribution in [0.5, 0.6) is 0 Å². The molecule has 1 aromatic heterocycles. The van der Waals surface area contributed by atoms with Crippen LogP contribution in [0.4, 0.5) is 5.69 Å². The van der Waals surface area contributed by atoms with Crippen molar-refractivity contribution in [2.45, 2.75) is 20.8 Å². The molecule has 0 spiro atoms. The number of aryl methyl sites for hydroxylation is 3. The maximum absolute atomic E-state index is 11.9. The maximum Gasteiger partial charge on any atom is 0.355 e. The third-order valence-electron chi connectivity index (χ3n) is 3.26. The van der Waals surface area contributed by atoms with E-state index >= 15 is 0 Å². The number of aromatic nitrogens is 2. The number of carbonyl (C=O) groups excluding carboxylic acids is 2. The number of esters is 1. The molecule has 1 aromatic carbocycles. The topological polar surface area (TPSA) is 121 Å². The lowest BCUT2D eigenvalue weighted by molar-refractivity contribution is -0.119. The number of aromatic amines is 2. The van der Waals surface area contributed by atoms with Crippen molar-refractivity contribution in [2.75, 3.05) is 11.9 Å². The summed E-state index contributed by atoms with van der Waals surface area (Å²) in [6.45, 7) is 5.14. The SMILES string of the molecule is Cc1cc(C)c(NC(=O)COC(=O)c2cc(=O)[nH]c(=O)[nH]2)c(C)c1. The van der Waals surface area contributed by atoms with Crippen molar-refractivity contribution in [1.82, 2.24) is 9.97 Å². The zero-order valence-corrected chi connectivity index (χ0v) is 13.5. The molecular weight excluding hydrogens is 314 g/mol. The highest BCUT2D eigenvalue weighted by atomic mass is 16.5. The van der Waals surface area contributed by atoms with E-state index in [1.54, 1.807) is 0 Å². The molecule has 0 aliphatic carbocycles. The first-order chi connectivity index (χ1) is 11.3. The summed E-state index contributed by atoms with van der Waals surface area (Å²) in [7, 11) is 0. The molecule has 24 heavy (non-hydrogen) atoms. The van der Waals surface area contributed by atoms with Gasteiger partial charge < -0.3 is 15.0 Å². The van der Waals surface area contributed by atoms with Crippen LogP contribution in [0.3, 0.4) is 0 Å². The molecule has 0 fully saturated rings. The van der Waals surface area contributed by atoms with E-state index in [1.165, 1.54) is 0 Å². The smallest absolute Gasteiger partial charge is 0.355 e. The number of H-pyrrole nitrogens is 2. The summed E-state index contributed by atoms with van der Waals surface area (Å²) in [6, 6.07) is 4.74. The molecule has 0 radical (unpaired) electrons. The second kappa shape index (κ2) is 6.95. The molecule has 8 nitrogen and oxygen atoms in total. The number of ether oxygens (including phenoxy) is 1. The standard InChI is InChI=1S/C16H17N3O5/c1-8-4-9(2)14(10(3)5-8)18-13(21)7-24-15(22)11-6-12(20)19-16(23)17-11/h4-6H,7H2,1-3H3,(H,18,21)(H2,17,19,20,23). The highest BCUT2D eigenvalue weighted by Crippen LogP contribution is 2.21. The minimum atomic E-state index is -0.967. The van der Waals surface area contributed by atoms with E-state index < -0.39 is 29.7 Å². The fourth-order valence-corrected chi connectivity index (χ4v) is 2.34. The second-order valence-corrected chi connectivity index (χ2v) is 5.40. The van der Waals surface area contributed by atoms with Crippen LogP contribution in [-0.2, 0) is 9.53 Å². The zero-order chi connectivity index (χ0) is 17.9. The van der Waals surface area contributed by atoms with E-state index in [9.17, 15) is 19.2 Å². The van der Waals surface area contributed by atoms with E-state index in [1.807, 2.05) is 37.9 Å². The summed E-state index contributed by atoms with van der Waals surface area (Å²) in [4.78, 5) is 50.0. The van der Waals surface area contributed by atoms with Gasteiger partial charge in [-0.1, -0.05) is 17.7 Å². The number of benzene rings is 1. The molecule has 0 aliphatic heterocycles. The largest absolute Gasteiger partial charge is 0.451 e. The molecule has 126 valence electrons. The molecule has 3 N–H and O–H groups in total. The van der Waals surface area contributed by atoms with Crippen molar-refractivity contribution < 1.29 is 14.3 Å². The third-order valence-corrected chi connectivity index (χ3v) is 3.26. The Morgan fingerprint density at radius 2 is 1.67 bits per heavy atom. The first-order valence-electron chi connectivity index (χ1n) is 7.14. The Morgan fingerprint density at radius 1 is 1.04 bits per heavy atom. The van der Waals surface area contributed by atoms with Gasteiger partial charge in [0.1, 0.15) is 5.69 Å². The summed E-state index contributed by atoms with van der Waals surface area (Å²) < 4.78 is 4.80. The fraction of sp³-hybridized carbons (Fsp3) is 0.250. The first kappa shape index (κ1) is 17.2. The van der Waals surface area contributed by atoms with E-state index in [0.29, 0.717) is 5.69 Å². The van der Waals surface area contributed by atoms with Gasteiger partial charge in [0.2, 0.25) is 0 Å². The minimum Gasteiger partial charge on any atom is -0.451 e. The van der Waals surface area contributed by atoms with Crippen LogP contribution >= 0.6 is 0 Å². The molecule has 0 unspecified atom stereocenters. The van der Waals surface area contributed by atoms with Gasteiger partial charge >= 0.3 is 11.7 Å². The summed E-state index contributed by atoms with van der Waals surface area (Å²) in [5.41, 5.74) is 1.64. The van der Waals surface area contributed by atoms with Gasteiger partial charge in [-0.3, -0.25) is 14.6 Å². The normalized spacial score (nSPS) is 10.3. The van der Waals surface area contributed by atoms with Crippen LogP contribution in [0.15, 0.2) is 27.8 Å². The molecule has 2 rings (SSSR count). The predicted molar refractivity (Wildman–Crippen MR) is 87.2 cm³/mol. The number of amides is 1. The highest BCUT2D eigenvalue weighted by Gasteiger charge is 2.13. The summed E-state index contributed by atoms with van der Waals surface area (Å²) >= 11 is 0. The highest BCUT2D eigenvalue weighted by molar-refractivity contribution is 5.95. The van der Waals surface area contributed by atoms with Crippen LogP contribution in [0.1, 0.15) is 27.2 Å². The summed E-state index contributed by atoms with van der Waals surface area (Å²) in [5, 5.41) is 2.68. The van der Waals surface area contributed by atoms with E-state index in [2.05, 4.69) is 10.3 Å². The molecule has 0 aliphatic rings. The van der Waals surface area contributed by atoms with Crippen molar-refractivity contribution in [2.24, 2.45) is 0 Å². The van der Waals surface area contributed by atoms with E-state index in [0.717, 1.165) is 22.8 Å². The monoisotopic (exact) mass is 331 g/mol. The molecule has 0 saturated heterocycles. The fourth-order valence-electron chi connectivity index (χ4n) is 2.34. The lowest BCUT2D eigenvalue weighted by Crippen LogP contribution is -2.27. The number of nitrogens with one attached hydrogen (secondary N) is 3. The van der Waals surface area contributed by atoms with Gasteiger partial charge in [0.05, 0.1) is 0 Å². The number of hydrogen-bond donors (Lipinski definition) is 3. The van der Waals surface area contributed by atoms with Gasteiger partial charge in [-0.05, 0) is 31.9 Å². The molecule has 0 atom stereocenters. The maximum atomic E-state index is 11.9. The quantitative estimate of drug-likeness (QED) is 0.715. The number of anilines is 1. The first-order valence-corrected chi connectivity index (χ1v) is 7.14. The molecule has 1 amide bonds. The van der Waals surface area contributed by atoms with Gasteiger partial charge in [0.25, 0.3) is 11.5 Å². The molecule has 0 saturated carbocycles. The molecule has 8 heteroatoms. The van der Waals surface area contributed by atoms with Gasteiger partial charge in [0.15, 0.2) is 6.61 Å². The van der Waals surface area contributed by atoms with Gasteiger partial charge in [-0.2, -0.15) is 0 Å². The van der Waals surface area contributed by atoms with Gasteiger partial charge in [-0.15, -0.1) is 0 Å². The van der Waals surface area contributed by atoms with Crippen LogP contribution < -0.4 is 16.6 Å². The predicted octanol–water partition coefficient (Wildman–Crippen LogP) is 0.784. The van der Waals surface area contributed by atoms with E-state index in [-0.39, 0.29) is 5.69 Å². The Morgan fingerprint density at radius 3 is 2.25 bits per heavy atom. The molecule has 1 heterocycles. The minimum absolute atomic E-state index is 0.320. The van der Waals surface area contributed by atoms with Gasteiger partial charge in [0, 0.05) is 11.8 Å². The van der Waals surface area contributed by atoms with E-state index in [4.69, 9.17) is 4.74 Å².